The van der Waals surface area contributed by atoms with Crippen LogP contribution in [-0.2, 0) is 17.1 Å². The summed E-state index contributed by atoms with van der Waals surface area (Å²) in [4.78, 5) is 13.6. The van der Waals surface area contributed by atoms with E-state index in [0.29, 0.717) is 24.5 Å². The van der Waals surface area contributed by atoms with Crippen molar-refractivity contribution in [3.8, 4) is 0 Å². The molecule has 0 unspecified atom stereocenters. The van der Waals surface area contributed by atoms with Crippen molar-refractivity contribution in [3.05, 3.63) is 70.2 Å². The maximum atomic E-state index is 10.7. The molecule has 0 aliphatic heterocycles. The fourth-order valence-corrected chi connectivity index (χ4v) is 1.44. The first-order chi connectivity index (χ1) is 11.8. The van der Waals surface area contributed by atoms with Crippen LogP contribution in [0, 0.1) is 0 Å². The zero-order chi connectivity index (χ0) is 19.5. The van der Waals surface area contributed by atoms with E-state index in [2.05, 4.69) is 15.0 Å². The summed E-state index contributed by atoms with van der Waals surface area (Å²) >= 11 is 0. The van der Waals surface area contributed by atoms with Crippen LogP contribution in [0.2, 0.25) is 0 Å². The average Bonchev–Trinajstić information content (AvgIpc) is 2.53. The third kappa shape index (κ3) is 26.3. The number of aliphatic imine (C=N–C) groups is 2. The van der Waals surface area contributed by atoms with Crippen molar-refractivity contribution in [2.45, 2.75) is 27.7 Å². The standard InChI is InChI=1S/C12H20N2O2.C5H5N.Mn.N3/c1-9(7-11(3)15)13-5-6-14-10(2)8-12(4)16;1-2-4-6-5-3-1;;1-3-2/h7-8,15-16H,5-6H2,1-4H3;1-5H;;/q;;+3;-1/p-2/b11-7-,12-8-,13-9?,14-10?;;;. The van der Waals surface area contributed by atoms with Crippen LogP contribution < -0.4 is 10.2 Å². The first-order valence-corrected chi connectivity index (χ1v) is 7.39. The van der Waals surface area contributed by atoms with Gasteiger partial charge in [0.15, 0.2) is 0 Å². The van der Waals surface area contributed by atoms with Gasteiger partial charge in [-0.25, -0.2) is 0 Å². The van der Waals surface area contributed by atoms with Crippen LogP contribution in [0.1, 0.15) is 27.7 Å². The first-order valence-electron chi connectivity index (χ1n) is 7.39. The second kappa shape index (κ2) is 20.4. The summed E-state index contributed by atoms with van der Waals surface area (Å²) in [5.74, 6) is -0.0170. The molecule has 0 spiro atoms. The molecule has 0 fully saturated rings. The van der Waals surface area contributed by atoms with Gasteiger partial charge in [0.25, 0.3) is 0 Å². The van der Waals surface area contributed by atoms with Crippen molar-refractivity contribution in [1.82, 2.24) is 4.98 Å². The molecule has 0 saturated heterocycles. The monoisotopic (exact) mass is 398 g/mol. The largest absolute Gasteiger partial charge is 3.00 e. The Labute approximate surface area is 165 Å². The Bertz CT molecular complexity index is 553. The smallest absolute Gasteiger partial charge is 0.876 e. The van der Waals surface area contributed by atoms with Gasteiger partial charge in [0, 0.05) is 23.8 Å². The average molecular weight is 398 g/mol. The first kappa shape index (κ1) is 28.2. The Morgan fingerprint density at radius 3 is 1.42 bits per heavy atom. The Morgan fingerprint density at radius 2 is 1.23 bits per heavy atom. The van der Waals surface area contributed by atoms with Crippen molar-refractivity contribution >= 4 is 11.4 Å². The number of hydrogen-bond donors (Lipinski definition) is 0. The molecule has 0 aromatic carbocycles. The van der Waals surface area contributed by atoms with E-state index in [4.69, 9.17) is 11.1 Å². The molecular formula is C17H23MnN6O2. The minimum atomic E-state index is -0.00848. The molecule has 0 amide bonds. The summed E-state index contributed by atoms with van der Waals surface area (Å²) in [6.45, 7) is 7.59. The molecule has 0 atom stereocenters. The van der Waals surface area contributed by atoms with Gasteiger partial charge >= 0.3 is 17.1 Å². The maximum Gasteiger partial charge on any atom is 3.00 e. The van der Waals surface area contributed by atoms with E-state index in [1.54, 1.807) is 26.2 Å². The minimum Gasteiger partial charge on any atom is -0.876 e. The van der Waals surface area contributed by atoms with Crippen LogP contribution in [0.4, 0.5) is 0 Å². The van der Waals surface area contributed by atoms with Gasteiger partial charge in [0.2, 0.25) is 0 Å². The molecule has 0 radical (unpaired) electrons. The molecule has 26 heavy (non-hydrogen) atoms. The molecule has 9 heteroatoms. The fraction of sp³-hybridized carbons (Fsp3) is 0.353. The molecule has 0 saturated carbocycles. The summed E-state index contributed by atoms with van der Waals surface area (Å²) in [7, 11) is 0. The number of pyridine rings is 1. The number of aromatic nitrogens is 1. The third-order valence-electron chi connectivity index (χ3n) is 2.21. The van der Waals surface area contributed by atoms with E-state index in [1.165, 1.54) is 30.9 Å². The van der Waals surface area contributed by atoms with E-state index >= 15 is 0 Å². The van der Waals surface area contributed by atoms with Gasteiger partial charge in [0.05, 0.1) is 13.1 Å². The predicted molar refractivity (Wildman–Crippen MR) is 97.8 cm³/mol. The summed E-state index contributed by atoms with van der Waals surface area (Å²) in [6.07, 6.45) is 6.47. The topological polar surface area (TPSA) is 142 Å². The van der Waals surface area contributed by atoms with E-state index in [9.17, 15) is 10.2 Å². The van der Waals surface area contributed by atoms with Gasteiger partial charge in [0.1, 0.15) is 0 Å². The third-order valence-corrected chi connectivity index (χ3v) is 2.21. The molecular weight excluding hydrogens is 375 g/mol. The second-order valence-electron chi connectivity index (χ2n) is 4.67. The van der Waals surface area contributed by atoms with Crippen molar-refractivity contribution in [3.63, 3.8) is 0 Å². The summed E-state index contributed by atoms with van der Waals surface area (Å²) in [5, 5.41) is 21.4. The Hall–Kier alpha value is -2.60. The fourth-order valence-electron chi connectivity index (χ4n) is 1.44. The Kier molecular flexibility index (Phi) is 22.2. The van der Waals surface area contributed by atoms with Crippen molar-refractivity contribution in [1.29, 1.82) is 0 Å². The molecule has 8 nitrogen and oxygen atoms in total. The molecule has 1 rings (SSSR count). The SMILES string of the molecule is CC(/C=C(/C)[O-])=NCCN=C(C)/C=C(/C)[O-].[Mn+3].[N-]=[N+]=[N-].c1ccncc1. The number of rotatable bonds is 5. The predicted octanol–water partition coefficient (Wildman–Crippen LogP) is 2.38. The molecule has 0 aliphatic carbocycles. The summed E-state index contributed by atoms with van der Waals surface area (Å²) < 4.78 is 0. The van der Waals surface area contributed by atoms with Gasteiger partial charge < -0.3 is 21.3 Å². The van der Waals surface area contributed by atoms with E-state index in [-0.39, 0.29) is 28.6 Å². The molecule has 0 N–H and O–H groups in total. The number of allylic oxidation sites excluding steroid dienone is 4. The minimum absolute atomic E-state index is 0. The van der Waals surface area contributed by atoms with Gasteiger partial charge in [-0.2, -0.15) is 0 Å². The molecule has 1 aromatic rings. The zero-order valence-electron chi connectivity index (χ0n) is 15.3. The van der Waals surface area contributed by atoms with Crippen LogP contribution in [0.15, 0.2) is 64.2 Å². The van der Waals surface area contributed by atoms with Gasteiger partial charge in [-0.1, -0.05) is 32.1 Å². The van der Waals surface area contributed by atoms with E-state index < -0.39 is 0 Å². The zero-order valence-corrected chi connectivity index (χ0v) is 16.5. The van der Waals surface area contributed by atoms with E-state index in [1.807, 2.05) is 18.2 Å². The second-order valence-corrected chi connectivity index (χ2v) is 4.67. The number of hydrogen-bond acceptors (Lipinski definition) is 5. The van der Waals surface area contributed by atoms with Crippen LogP contribution in [0.25, 0.3) is 16.0 Å². The van der Waals surface area contributed by atoms with Gasteiger partial charge in [-0.15, -0.1) is 11.5 Å². The van der Waals surface area contributed by atoms with E-state index in [0.717, 1.165) is 0 Å². The normalized spacial score (nSPS) is 11.7. The van der Waals surface area contributed by atoms with Gasteiger partial charge in [-0.05, 0) is 26.0 Å². The van der Waals surface area contributed by atoms with Crippen molar-refractivity contribution < 1.29 is 27.3 Å². The molecule has 0 aliphatic rings. The maximum absolute atomic E-state index is 10.7. The van der Waals surface area contributed by atoms with Crippen LogP contribution in [-0.4, -0.2) is 29.5 Å². The van der Waals surface area contributed by atoms with Crippen molar-refractivity contribution in [2.24, 2.45) is 9.98 Å². The molecule has 1 heterocycles. The number of nitrogens with zero attached hydrogens (tertiary/aromatic N) is 6. The molecule has 1 aromatic heterocycles. The molecule has 140 valence electrons. The summed E-state index contributed by atoms with van der Waals surface area (Å²) in [5.41, 5.74) is 14.9. The van der Waals surface area contributed by atoms with Crippen LogP contribution in [0.3, 0.4) is 0 Å². The Morgan fingerprint density at radius 1 is 0.885 bits per heavy atom. The Balaban J connectivity index is -0.000000434. The molecule has 0 bridgehead atoms. The van der Waals surface area contributed by atoms with Gasteiger partial charge in [-0.3, -0.25) is 19.9 Å². The quantitative estimate of drug-likeness (QED) is 0.143. The van der Waals surface area contributed by atoms with Crippen molar-refractivity contribution in [2.75, 3.05) is 13.1 Å². The summed E-state index contributed by atoms with van der Waals surface area (Å²) in [6, 6.07) is 5.72. The van der Waals surface area contributed by atoms with Crippen LogP contribution in [0.5, 0.6) is 0 Å². The van der Waals surface area contributed by atoms with Crippen LogP contribution >= 0.6 is 0 Å².